The van der Waals surface area contributed by atoms with E-state index in [1.54, 1.807) is 43.3 Å². The fourth-order valence-corrected chi connectivity index (χ4v) is 4.64. The number of hydrazone groups is 1. The zero-order valence-electron chi connectivity index (χ0n) is 17.4. The van der Waals surface area contributed by atoms with Gasteiger partial charge in [0.15, 0.2) is 0 Å². The summed E-state index contributed by atoms with van der Waals surface area (Å²) in [6.07, 6.45) is 0. The number of amides is 1. The SMILES string of the molecule is C/C(=N/NC(=O)CN(c1ccc(Cl)cc1)S(=O)(=O)c1ccc(C)cc1)c1ccc(Br)cc1. The van der Waals surface area contributed by atoms with Crippen molar-refractivity contribution in [2.45, 2.75) is 18.7 Å². The van der Waals surface area contributed by atoms with E-state index in [0.29, 0.717) is 16.4 Å². The molecule has 0 unspecified atom stereocenters. The largest absolute Gasteiger partial charge is 0.271 e. The molecule has 0 saturated heterocycles. The lowest BCUT2D eigenvalue weighted by Gasteiger charge is -2.24. The van der Waals surface area contributed by atoms with Gasteiger partial charge in [-0.1, -0.05) is 57.4 Å². The van der Waals surface area contributed by atoms with Crippen molar-refractivity contribution >= 4 is 54.9 Å². The third-order valence-electron chi connectivity index (χ3n) is 4.62. The van der Waals surface area contributed by atoms with Gasteiger partial charge in [0.2, 0.25) is 0 Å². The zero-order chi connectivity index (χ0) is 23.3. The first-order valence-corrected chi connectivity index (χ1v) is 12.2. The third-order valence-corrected chi connectivity index (χ3v) is 7.19. The molecule has 0 atom stereocenters. The standard InChI is InChI=1S/C23H21BrClN3O3S/c1-16-3-13-22(14-4-16)32(30,31)28(21-11-9-20(25)10-12-21)15-23(29)27-26-17(2)18-5-7-19(24)8-6-18/h3-14H,15H2,1-2H3,(H,27,29)/b26-17-. The number of carbonyl (C=O) groups is 1. The number of halogens is 2. The number of sulfonamides is 1. The van der Waals surface area contributed by atoms with E-state index in [4.69, 9.17) is 11.6 Å². The van der Waals surface area contributed by atoms with Crippen molar-refractivity contribution < 1.29 is 13.2 Å². The van der Waals surface area contributed by atoms with Gasteiger partial charge in [0.05, 0.1) is 16.3 Å². The van der Waals surface area contributed by atoms with Crippen LogP contribution < -0.4 is 9.73 Å². The van der Waals surface area contributed by atoms with Crippen LogP contribution in [0, 0.1) is 6.92 Å². The molecule has 0 bridgehead atoms. The van der Waals surface area contributed by atoms with Gasteiger partial charge in [-0.15, -0.1) is 0 Å². The normalized spacial score (nSPS) is 11.8. The topological polar surface area (TPSA) is 78.8 Å². The van der Waals surface area contributed by atoms with Crippen molar-refractivity contribution in [2.24, 2.45) is 5.10 Å². The lowest BCUT2D eigenvalue weighted by atomic mass is 10.1. The minimum atomic E-state index is -4.00. The highest BCUT2D eigenvalue weighted by atomic mass is 79.9. The monoisotopic (exact) mass is 533 g/mol. The molecule has 1 amide bonds. The maximum absolute atomic E-state index is 13.3. The average Bonchev–Trinajstić information content (AvgIpc) is 2.77. The first-order valence-electron chi connectivity index (χ1n) is 9.61. The van der Waals surface area contributed by atoms with Crippen LogP contribution in [0.2, 0.25) is 5.02 Å². The Hall–Kier alpha value is -2.68. The number of nitrogens with zero attached hydrogens (tertiary/aromatic N) is 2. The van der Waals surface area contributed by atoms with Gasteiger partial charge in [-0.25, -0.2) is 13.8 Å². The highest BCUT2D eigenvalue weighted by molar-refractivity contribution is 9.10. The fourth-order valence-electron chi connectivity index (χ4n) is 2.83. The predicted octanol–water partition coefficient (Wildman–Crippen LogP) is 5.15. The van der Waals surface area contributed by atoms with Gasteiger partial charge in [-0.05, 0) is 67.9 Å². The van der Waals surface area contributed by atoms with E-state index >= 15 is 0 Å². The summed E-state index contributed by atoms with van der Waals surface area (Å²) in [6, 6.07) is 20.1. The first-order chi connectivity index (χ1) is 15.2. The Morgan fingerprint density at radius 1 is 1.00 bits per heavy atom. The molecule has 0 fully saturated rings. The summed E-state index contributed by atoms with van der Waals surface area (Å²) in [7, 11) is -4.00. The molecule has 0 aliphatic carbocycles. The van der Waals surface area contributed by atoms with E-state index in [0.717, 1.165) is 19.9 Å². The molecule has 1 N–H and O–H groups in total. The van der Waals surface area contributed by atoms with E-state index < -0.39 is 22.5 Å². The van der Waals surface area contributed by atoms with Gasteiger partial charge >= 0.3 is 0 Å². The van der Waals surface area contributed by atoms with Crippen LogP contribution in [0.15, 0.2) is 87.3 Å². The second-order valence-corrected chi connectivity index (χ2v) is 10.3. The van der Waals surface area contributed by atoms with Crippen LogP contribution in [-0.4, -0.2) is 26.6 Å². The van der Waals surface area contributed by atoms with Gasteiger partial charge < -0.3 is 0 Å². The lowest BCUT2D eigenvalue weighted by Crippen LogP contribution is -2.39. The summed E-state index contributed by atoms with van der Waals surface area (Å²) in [5.41, 5.74) is 5.11. The number of carbonyl (C=O) groups excluding carboxylic acids is 1. The maximum atomic E-state index is 13.3. The molecule has 0 aliphatic heterocycles. The van der Waals surface area contributed by atoms with E-state index in [9.17, 15) is 13.2 Å². The van der Waals surface area contributed by atoms with Crippen LogP contribution in [0.5, 0.6) is 0 Å². The summed E-state index contributed by atoms with van der Waals surface area (Å²) < 4.78 is 28.6. The van der Waals surface area contributed by atoms with Gasteiger partial charge in [0.25, 0.3) is 15.9 Å². The Bertz CT molecular complexity index is 1230. The second kappa shape index (κ2) is 10.3. The zero-order valence-corrected chi connectivity index (χ0v) is 20.6. The summed E-state index contributed by atoms with van der Waals surface area (Å²) in [5.74, 6) is -0.577. The van der Waals surface area contributed by atoms with Gasteiger partial charge in [0.1, 0.15) is 6.54 Å². The van der Waals surface area contributed by atoms with Gasteiger partial charge in [-0.2, -0.15) is 5.10 Å². The predicted molar refractivity (Wildman–Crippen MR) is 132 cm³/mol. The summed E-state index contributed by atoms with van der Waals surface area (Å²) in [6.45, 7) is 3.17. The number of hydrogen-bond donors (Lipinski definition) is 1. The van der Waals surface area contributed by atoms with Crippen molar-refractivity contribution in [1.82, 2.24) is 5.43 Å². The van der Waals surface area contributed by atoms with Crippen molar-refractivity contribution in [3.63, 3.8) is 0 Å². The van der Waals surface area contributed by atoms with Crippen LogP contribution in [-0.2, 0) is 14.8 Å². The highest BCUT2D eigenvalue weighted by Gasteiger charge is 2.27. The van der Waals surface area contributed by atoms with Gasteiger partial charge in [-0.3, -0.25) is 9.10 Å². The van der Waals surface area contributed by atoms with E-state index in [1.807, 2.05) is 31.2 Å². The smallest absolute Gasteiger partial charge is 0.264 e. The van der Waals surface area contributed by atoms with Crippen molar-refractivity contribution in [1.29, 1.82) is 0 Å². The molecule has 0 aromatic heterocycles. The average molecular weight is 535 g/mol. The Kier molecular flexibility index (Phi) is 7.71. The summed E-state index contributed by atoms with van der Waals surface area (Å²) in [4.78, 5) is 12.7. The number of hydrogen-bond acceptors (Lipinski definition) is 4. The fraction of sp³-hybridized carbons (Fsp3) is 0.130. The molecule has 0 aliphatic rings. The molecule has 0 saturated carbocycles. The molecule has 0 spiro atoms. The van der Waals surface area contributed by atoms with E-state index in [-0.39, 0.29) is 4.90 Å². The van der Waals surface area contributed by atoms with Gasteiger partial charge in [0, 0.05) is 9.50 Å². The van der Waals surface area contributed by atoms with Crippen LogP contribution >= 0.6 is 27.5 Å². The third kappa shape index (κ3) is 5.97. The van der Waals surface area contributed by atoms with Crippen LogP contribution in [0.4, 0.5) is 5.69 Å². The molecule has 3 rings (SSSR count). The summed E-state index contributed by atoms with van der Waals surface area (Å²) >= 11 is 9.33. The van der Waals surface area contributed by atoms with Crippen LogP contribution in [0.25, 0.3) is 0 Å². The molecular weight excluding hydrogens is 514 g/mol. The Labute approximate surface area is 201 Å². The number of aryl methyl sites for hydroxylation is 1. The first kappa shape index (κ1) is 24.0. The minimum absolute atomic E-state index is 0.0837. The Morgan fingerprint density at radius 2 is 1.59 bits per heavy atom. The number of anilines is 1. The molecule has 32 heavy (non-hydrogen) atoms. The number of benzene rings is 3. The quantitative estimate of drug-likeness (QED) is 0.336. The minimum Gasteiger partial charge on any atom is -0.271 e. The van der Waals surface area contributed by atoms with E-state index in [2.05, 4.69) is 26.5 Å². The van der Waals surface area contributed by atoms with Crippen LogP contribution in [0.3, 0.4) is 0 Å². The molecular formula is C23H21BrClN3O3S. The number of rotatable bonds is 7. The molecule has 0 radical (unpaired) electrons. The Balaban J connectivity index is 1.86. The van der Waals surface area contributed by atoms with E-state index in [1.165, 1.54) is 12.1 Å². The second-order valence-electron chi connectivity index (χ2n) is 7.04. The molecule has 166 valence electrons. The molecule has 0 heterocycles. The molecule has 9 heteroatoms. The molecule has 3 aromatic carbocycles. The maximum Gasteiger partial charge on any atom is 0.264 e. The number of nitrogens with one attached hydrogen (secondary N) is 1. The van der Waals surface area contributed by atoms with Crippen molar-refractivity contribution in [3.8, 4) is 0 Å². The summed E-state index contributed by atoms with van der Waals surface area (Å²) in [5, 5.41) is 4.57. The van der Waals surface area contributed by atoms with Crippen LogP contribution in [0.1, 0.15) is 18.1 Å². The highest BCUT2D eigenvalue weighted by Crippen LogP contribution is 2.25. The lowest BCUT2D eigenvalue weighted by molar-refractivity contribution is -0.119. The molecule has 6 nitrogen and oxygen atoms in total. The Morgan fingerprint density at radius 3 is 2.19 bits per heavy atom. The van der Waals surface area contributed by atoms with Crippen molar-refractivity contribution in [2.75, 3.05) is 10.8 Å². The molecule has 3 aromatic rings. The van der Waals surface area contributed by atoms with Crippen molar-refractivity contribution in [3.05, 3.63) is 93.4 Å².